The zero-order valence-corrected chi connectivity index (χ0v) is 11.8. The Labute approximate surface area is 115 Å². The van der Waals surface area contributed by atoms with Crippen molar-refractivity contribution in [3.05, 3.63) is 0 Å². The molecule has 0 atom stereocenters. The quantitative estimate of drug-likeness (QED) is 0.736. The molecule has 1 aliphatic carbocycles. The van der Waals surface area contributed by atoms with Gasteiger partial charge in [-0.2, -0.15) is 0 Å². The Hall–Kier alpha value is -0.650. The van der Waals surface area contributed by atoms with Crippen LogP contribution < -0.4 is 11.1 Å². The summed E-state index contributed by atoms with van der Waals surface area (Å²) in [7, 11) is 0. The monoisotopic (exact) mass is 269 g/mol. The third-order valence-electron chi connectivity index (χ3n) is 4.09. The van der Waals surface area contributed by atoms with Crippen molar-refractivity contribution in [1.82, 2.24) is 10.2 Å². The molecule has 0 spiro atoms. The van der Waals surface area contributed by atoms with Crippen molar-refractivity contribution in [2.75, 3.05) is 32.8 Å². The summed E-state index contributed by atoms with van der Waals surface area (Å²) in [5, 5.41) is 3.14. The first-order valence-corrected chi connectivity index (χ1v) is 7.61. The van der Waals surface area contributed by atoms with Crippen molar-refractivity contribution in [2.24, 2.45) is 5.73 Å². The van der Waals surface area contributed by atoms with E-state index in [1.807, 2.05) is 0 Å². The molecule has 0 aromatic heterocycles. The molecule has 5 nitrogen and oxygen atoms in total. The number of amides is 1. The minimum absolute atomic E-state index is 0.188. The van der Waals surface area contributed by atoms with Gasteiger partial charge in [-0.1, -0.05) is 12.8 Å². The summed E-state index contributed by atoms with van der Waals surface area (Å²) >= 11 is 0. The molecule has 1 saturated carbocycles. The van der Waals surface area contributed by atoms with Crippen molar-refractivity contribution in [1.29, 1.82) is 0 Å². The molecule has 1 heterocycles. The molecule has 0 aromatic carbocycles. The lowest BCUT2D eigenvalue weighted by Crippen LogP contribution is -2.45. The van der Waals surface area contributed by atoms with Gasteiger partial charge >= 0.3 is 0 Å². The van der Waals surface area contributed by atoms with Gasteiger partial charge in [0.05, 0.1) is 19.3 Å². The summed E-state index contributed by atoms with van der Waals surface area (Å²) in [6.07, 6.45) is 7.18. The van der Waals surface area contributed by atoms with E-state index >= 15 is 0 Å². The molecule has 2 rings (SSSR count). The van der Waals surface area contributed by atoms with Crippen molar-refractivity contribution < 1.29 is 9.53 Å². The zero-order chi connectivity index (χ0) is 13.5. The van der Waals surface area contributed by atoms with E-state index in [2.05, 4.69) is 10.2 Å². The number of piperidine rings is 1. The number of likely N-dealkylation sites (tertiary alicyclic amines) is 1. The SMILES string of the molecule is NCCOC1CCN(CC(=O)NC2CCCC2)CC1. The second kappa shape index (κ2) is 7.82. The van der Waals surface area contributed by atoms with E-state index in [9.17, 15) is 4.79 Å². The van der Waals surface area contributed by atoms with Crippen LogP contribution in [-0.2, 0) is 9.53 Å². The number of nitrogens with two attached hydrogens (primary N) is 1. The summed E-state index contributed by atoms with van der Waals surface area (Å²) in [5.41, 5.74) is 5.43. The largest absolute Gasteiger partial charge is 0.377 e. The van der Waals surface area contributed by atoms with E-state index in [0.717, 1.165) is 38.8 Å². The first kappa shape index (κ1) is 14.8. The van der Waals surface area contributed by atoms with Crippen molar-refractivity contribution in [3.63, 3.8) is 0 Å². The summed E-state index contributed by atoms with van der Waals surface area (Å²) in [6.45, 7) is 3.68. The Morgan fingerprint density at radius 2 is 1.89 bits per heavy atom. The first-order valence-electron chi connectivity index (χ1n) is 7.61. The number of nitrogens with zero attached hydrogens (tertiary/aromatic N) is 1. The van der Waals surface area contributed by atoms with Gasteiger partial charge in [0.15, 0.2) is 0 Å². The summed E-state index contributed by atoms with van der Waals surface area (Å²) in [6, 6.07) is 0.429. The van der Waals surface area contributed by atoms with Crippen LogP contribution in [0.3, 0.4) is 0 Å². The molecule has 0 aromatic rings. The van der Waals surface area contributed by atoms with Gasteiger partial charge in [-0.15, -0.1) is 0 Å². The molecule has 0 radical (unpaired) electrons. The van der Waals surface area contributed by atoms with E-state index in [0.29, 0.717) is 31.8 Å². The van der Waals surface area contributed by atoms with E-state index in [1.54, 1.807) is 0 Å². The van der Waals surface area contributed by atoms with E-state index in [4.69, 9.17) is 10.5 Å². The van der Waals surface area contributed by atoms with E-state index in [-0.39, 0.29) is 5.91 Å². The van der Waals surface area contributed by atoms with Gasteiger partial charge in [0.25, 0.3) is 0 Å². The van der Waals surface area contributed by atoms with Crippen LogP contribution >= 0.6 is 0 Å². The second-order valence-electron chi connectivity index (χ2n) is 5.68. The van der Waals surface area contributed by atoms with Crippen LogP contribution in [0.4, 0.5) is 0 Å². The number of hydrogen-bond donors (Lipinski definition) is 2. The topological polar surface area (TPSA) is 67.6 Å². The first-order chi connectivity index (χ1) is 9.28. The molecular weight excluding hydrogens is 242 g/mol. The fourth-order valence-corrected chi connectivity index (χ4v) is 3.02. The molecule has 1 amide bonds. The lowest BCUT2D eigenvalue weighted by atomic mass is 10.1. The van der Waals surface area contributed by atoms with Crippen LogP contribution in [-0.4, -0.2) is 55.7 Å². The van der Waals surface area contributed by atoms with Crippen LogP contribution in [0.2, 0.25) is 0 Å². The van der Waals surface area contributed by atoms with Crippen molar-refractivity contribution in [2.45, 2.75) is 50.7 Å². The lowest BCUT2D eigenvalue weighted by Gasteiger charge is -2.31. The third-order valence-corrected chi connectivity index (χ3v) is 4.09. The standard InChI is InChI=1S/C14H27N3O2/c15-7-10-19-13-5-8-17(9-6-13)11-14(18)16-12-3-1-2-4-12/h12-13H,1-11,15H2,(H,16,18). The molecule has 3 N–H and O–H groups in total. The van der Waals surface area contributed by atoms with Crippen molar-refractivity contribution in [3.8, 4) is 0 Å². The molecule has 2 aliphatic rings. The minimum atomic E-state index is 0.188. The van der Waals surface area contributed by atoms with Crippen LogP contribution in [0.1, 0.15) is 38.5 Å². The van der Waals surface area contributed by atoms with Gasteiger partial charge in [0.2, 0.25) is 5.91 Å². The maximum Gasteiger partial charge on any atom is 0.234 e. The van der Waals surface area contributed by atoms with Gasteiger partial charge in [0, 0.05) is 25.7 Å². The predicted octanol–water partition coefficient (Wildman–Crippen LogP) is 0.485. The van der Waals surface area contributed by atoms with Crippen LogP contribution in [0.5, 0.6) is 0 Å². The number of nitrogens with one attached hydrogen (secondary N) is 1. The molecule has 1 saturated heterocycles. The van der Waals surface area contributed by atoms with Crippen molar-refractivity contribution >= 4 is 5.91 Å². The van der Waals surface area contributed by atoms with Crippen LogP contribution in [0.25, 0.3) is 0 Å². The number of carbonyl (C=O) groups is 1. The number of ether oxygens (including phenoxy) is 1. The van der Waals surface area contributed by atoms with Gasteiger partial charge < -0.3 is 15.8 Å². The molecule has 0 bridgehead atoms. The Bertz CT molecular complexity index is 272. The summed E-state index contributed by atoms with van der Waals surface area (Å²) in [4.78, 5) is 14.1. The maximum absolute atomic E-state index is 11.9. The molecule has 110 valence electrons. The normalized spacial score (nSPS) is 22.8. The predicted molar refractivity (Wildman–Crippen MR) is 74.9 cm³/mol. The Kier molecular flexibility index (Phi) is 6.07. The highest BCUT2D eigenvalue weighted by Gasteiger charge is 2.22. The summed E-state index contributed by atoms with van der Waals surface area (Å²) in [5.74, 6) is 0.188. The minimum Gasteiger partial charge on any atom is -0.377 e. The smallest absolute Gasteiger partial charge is 0.234 e. The number of rotatable bonds is 6. The Morgan fingerprint density at radius 3 is 2.53 bits per heavy atom. The highest BCUT2D eigenvalue weighted by atomic mass is 16.5. The van der Waals surface area contributed by atoms with Gasteiger partial charge in [0.1, 0.15) is 0 Å². The molecule has 0 unspecified atom stereocenters. The van der Waals surface area contributed by atoms with Crippen LogP contribution in [0.15, 0.2) is 0 Å². The van der Waals surface area contributed by atoms with Crippen LogP contribution in [0, 0.1) is 0 Å². The van der Waals surface area contributed by atoms with Gasteiger partial charge in [-0.05, 0) is 25.7 Å². The average Bonchev–Trinajstić information content (AvgIpc) is 2.90. The molecule has 5 heteroatoms. The summed E-state index contributed by atoms with van der Waals surface area (Å²) < 4.78 is 5.64. The molecule has 1 aliphatic heterocycles. The lowest BCUT2D eigenvalue weighted by molar-refractivity contribution is -0.123. The number of carbonyl (C=O) groups excluding carboxylic acids is 1. The average molecular weight is 269 g/mol. The van der Waals surface area contributed by atoms with E-state index < -0.39 is 0 Å². The van der Waals surface area contributed by atoms with E-state index in [1.165, 1.54) is 12.8 Å². The molecule has 19 heavy (non-hydrogen) atoms. The Balaban J connectivity index is 1.60. The highest BCUT2D eigenvalue weighted by Crippen LogP contribution is 2.18. The maximum atomic E-state index is 11.9. The molecule has 2 fully saturated rings. The fourth-order valence-electron chi connectivity index (χ4n) is 3.02. The highest BCUT2D eigenvalue weighted by molar-refractivity contribution is 5.78. The number of hydrogen-bond acceptors (Lipinski definition) is 4. The molecular formula is C14H27N3O2. The van der Waals surface area contributed by atoms with Gasteiger partial charge in [-0.3, -0.25) is 9.69 Å². The second-order valence-corrected chi connectivity index (χ2v) is 5.68. The Morgan fingerprint density at radius 1 is 1.21 bits per heavy atom. The fraction of sp³-hybridized carbons (Fsp3) is 0.929. The zero-order valence-electron chi connectivity index (χ0n) is 11.8. The van der Waals surface area contributed by atoms with Gasteiger partial charge in [-0.25, -0.2) is 0 Å². The third kappa shape index (κ3) is 5.09.